The number of aromatic nitrogens is 5. The van der Waals surface area contributed by atoms with Crippen LogP contribution < -0.4 is 11.0 Å². The summed E-state index contributed by atoms with van der Waals surface area (Å²) in [5.74, 6) is 0.657. The standard InChI is InChI=1S/C10H10N6OS/c1-6(9-11-2-3-18-9)13-7-4-8-14-15-10(17)16(8)5-12-7/h2-6,13H,1H3,(H,15,17). The number of rotatable bonds is 3. The van der Waals surface area contributed by atoms with Crippen LogP contribution in [0.5, 0.6) is 0 Å². The summed E-state index contributed by atoms with van der Waals surface area (Å²) < 4.78 is 1.35. The van der Waals surface area contributed by atoms with Crippen molar-refractivity contribution in [2.45, 2.75) is 13.0 Å². The first kappa shape index (κ1) is 10.9. The number of H-pyrrole nitrogens is 1. The van der Waals surface area contributed by atoms with E-state index in [2.05, 4.69) is 25.5 Å². The van der Waals surface area contributed by atoms with Crippen LogP contribution in [0.15, 0.2) is 28.8 Å². The van der Waals surface area contributed by atoms with E-state index in [1.165, 1.54) is 10.7 Å². The molecule has 0 aromatic carbocycles. The minimum absolute atomic E-state index is 0.0608. The fourth-order valence-electron chi connectivity index (χ4n) is 1.62. The lowest BCUT2D eigenvalue weighted by Gasteiger charge is -2.11. The second-order valence-corrected chi connectivity index (χ2v) is 4.69. The van der Waals surface area contributed by atoms with Gasteiger partial charge in [0.25, 0.3) is 0 Å². The Morgan fingerprint density at radius 2 is 2.39 bits per heavy atom. The van der Waals surface area contributed by atoms with Crippen molar-refractivity contribution in [3.8, 4) is 0 Å². The molecule has 0 fully saturated rings. The van der Waals surface area contributed by atoms with Gasteiger partial charge in [-0.2, -0.15) is 5.10 Å². The minimum Gasteiger partial charge on any atom is -0.361 e. The van der Waals surface area contributed by atoms with E-state index >= 15 is 0 Å². The third kappa shape index (κ3) is 1.86. The Balaban J connectivity index is 1.89. The fraction of sp³-hybridized carbons (Fsp3) is 0.200. The van der Waals surface area contributed by atoms with E-state index in [0.717, 1.165) is 5.01 Å². The van der Waals surface area contributed by atoms with Gasteiger partial charge >= 0.3 is 5.69 Å². The molecule has 2 N–H and O–H groups in total. The average molecular weight is 262 g/mol. The van der Waals surface area contributed by atoms with Crippen LogP contribution in [0, 0.1) is 0 Å². The Labute approximate surface area is 106 Å². The molecule has 0 amide bonds. The van der Waals surface area contributed by atoms with Gasteiger partial charge in [0.1, 0.15) is 17.2 Å². The lowest BCUT2D eigenvalue weighted by atomic mass is 10.3. The third-order valence-corrected chi connectivity index (χ3v) is 3.45. The molecule has 1 unspecified atom stereocenters. The Morgan fingerprint density at radius 1 is 1.50 bits per heavy atom. The zero-order valence-electron chi connectivity index (χ0n) is 9.49. The van der Waals surface area contributed by atoms with Crippen molar-refractivity contribution in [1.29, 1.82) is 0 Å². The number of nitrogens with one attached hydrogen (secondary N) is 2. The summed E-state index contributed by atoms with van der Waals surface area (Å²) >= 11 is 1.58. The van der Waals surface area contributed by atoms with Gasteiger partial charge in [0.2, 0.25) is 0 Å². The summed E-state index contributed by atoms with van der Waals surface area (Å²) in [6, 6.07) is 1.77. The number of anilines is 1. The van der Waals surface area contributed by atoms with Crippen LogP contribution in [-0.2, 0) is 0 Å². The van der Waals surface area contributed by atoms with Crippen molar-refractivity contribution in [3.05, 3.63) is 39.5 Å². The molecular formula is C10H10N6OS. The molecule has 0 bridgehead atoms. The molecule has 0 aliphatic carbocycles. The van der Waals surface area contributed by atoms with Crippen LogP contribution in [-0.4, -0.2) is 24.6 Å². The van der Waals surface area contributed by atoms with Crippen molar-refractivity contribution >= 4 is 22.8 Å². The van der Waals surface area contributed by atoms with E-state index in [4.69, 9.17) is 0 Å². The lowest BCUT2D eigenvalue weighted by molar-refractivity contribution is 0.856. The van der Waals surface area contributed by atoms with Crippen LogP contribution in [0.2, 0.25) is 0 Å². The minimum atomic E-state index is -0.294. The van der Waals surface area contributed by atoms with Gasteiger partial charge < -0.3 is 5.32 Å². The van der Waals surface area contributed by atoms with Gasteiger partial charge in [0.05, 0.1) is 6.04 Å². The number of nitrogens with zero attached hydrogens (tertiary/aromatic N) is 4. The molecule has 3 aromatic rings. The number of fused-ring (bicyclic) bond motifs is 1. The average Bonchev–Trinajstić information content (AvgIpc) is 2.99. The Morgan fingerprint density at radius 3 is 3.17 bits per heavy atom. The van der Waals surface area contributed by atoms with Gasteiger partial charge in [-0.3, -0.25) is 0 Å². The summed E-state index contributed by atoms with van der Waals surface area (Å²) in [4.78, 5) is 19.7. The SMILES string of the molecule is CC(Nc1cc2n[nH]c(=O)n2cn1)c1nccs1. The van der Waals surface area contributed by atoms with E-state index in [1.54, 1.807) is 23.6 Å². The molecule has 8 heteroatoms. The van der Waals surface area contributed by atoms with Crippen molar-refractivity contribution in [3.63, 3.8) is 0 Å². The third-order valence-electron chi connectivity index (χ3n) is 2.50. The van der Waals surface area contributed by atoms with Gasteiger partial charge in [-0.25, -0.2) is 24.3 Å². The highest BCUT2D eigenvalue weighted by Gasteiger charge is 2.09. The Bertz CT molecular complexity index is 715. The molecule has 0 aliphatic heterocycles. The van der Waals surface area contributed by atoms with Crippen molar-refractivity contribution < 1.29 is 0 Å². The number of hydrogen-bond donors (Lipinski definition) is 2. The summed E-state index contributed by atoms with van der Waals surface area (Å²) in [6.45, 7) is 2.00. The van der Waals surface area contributed by atoms with Crippen LogP contribution in [0.25, 0.3) is 5.65 Å². The van der Waals surface area contributed by atoms with E-state index in [9.17, 15) is 4.79 Å². The number of hydrogen-bond acceptors (Lipinski definition) is 6. The maximum absolute atomic E-state index is 11.3. The molecule has 1 atom stereocenters. The molecule has 0 aliphatic rings. The van der Waals surface area contributed by atoms with E-state index < -0.39 is 0 Å². The maximum Gasteiger partial charge on any atom is 0.348 e. The smallest absolute Gasteiger partial charge is 0.348 e. The molecule has 18 heavy (non-hydrogen) atoms. The van der Waals surface area contributed by atoms with E-state index in [-0.39, 0.29) is 11.7 Å². The summed E-state index contributed by atoms with van der Waals surface area (Å²) in [5.41, 5.74) is 0.237. The van der Waals surface area contributed by atoms with Crippen molar-refractivity contribution in [2.24, 2.45) is 0 Å². The molecule has 3 aromatic heterocycles. The van der Waals surface area contributed by atoms with Crippen LogP contribution in [0.1, 0.15) is 18.0 Å². The van der Waals surface area contributed by atoms with Crippen LogP contribution in [0.3, 0.4) is 0 Å². The number of thiazole rings is 1. The highest BCUT2D eigenvalue weighted by molar-refractivity contribution is 7.09. The fourth-order valence-corrected chi connectivity index (χ4v) is 2.27. The van der Waals surface area contributed by atoms with Crippen molar-refractivity contribution in [1.82, 2.24) is 24.6 Å². The molecular weight excluding hydrogens is 252 g/mol. The predicted molar refractivity (Wildman–Crippen MR) is 67.8 cm³/mol. The number of aromatic amines is 1. The first-order valence-corrected chi connectivity index (χ1v) is 6.21. The highest BCUT2D eigenvalue weighted by Crippen LogP contribution is 2.19. The van der Waals surface area contributed by atoms with Crippen LogP contribution in [0.4, 0.5) is 5.82 Å². The van der Waals surface area contributed by atoms with Gasteiger partial charge in [-0.15, -0.1) is 11.3 Å². The normalized spacial score (nSPS) is 12.7. The zero-order valence-corrected chi connectivity index (χ0v) is 10.3. The topological polar surface area (TPSA) is 88.0 Å². The first-order chi connectivity index (χ1) is 8.74. The van der Waals surface area contributed by atoms with E-state index in [1.807, 2.05) is 12.3 Å². The zero-order chi connectivity index (χ0) is 12.5. The second-order valence-electron chi connectivity index (χ2n) is 3.77. The Hall–Kier alpha value is -2.22. The molecule has 0 saturated carbocycles. The largest absolute Gasteiger partial charge is 0.361 e. The lowest BCUT2D eigenvalue weighted by Crippen LogP contribution is -2.11. The molecule has 7 nitrogen and oxygen atoms in total. The molecule has 3 rings (SSSR count). The summed E-state index contributed by atoms with van der Waals surface area (Å²) in [7, 11) is 0. The van der Waals surface area contributed by atoms with Gasteiger partial charge in [0.15, 0.2) is 5.65 Å². The van der Waals surface area contributed by atoms with Crippen molar-refractivity contribution in [2.75, 3.05) is 5.32 Å². The second kappa shape index (κ2) is 4.22. The van der Waals surface area contributed by atoms with E-state index in [0.29, 0.717) is 11.5 Å². The molecule has 0 spiro atoms. The first-order valence-electron chi connectivity index (χ1n) is 5.33. The molecule has 0 saturated heterocycles. The predicted octanol–water partition coefficient (Wildman–Crippen LogP) is 1.05. The quantitative estimate of drug-likeness (QED) is 0.736. The van der Waals surface area contributed by atoms with Crippen LogP contribution >= 0.6 is 11.3 Å². The summed E-state index contributed by atoms with van der Waals surface area (Å²) in [5, 5.41) is 12.4. The monoisotopic (exact) mass is 262 g/mol. The molecule has 3 heterocycles. The van der Waals surface area contributed by atoms with Gasteiger partial charge in [-0.05, 0) is 6.92 Å². The molecule has 0 radical (unpaired) electrons. The van der Waals surface area contributed by atoms with Gasteiger partial charge in [-0.1, -0.05) is 0 Å². The maximum atomic E-state index is 11.3. The highest BCUT2D eigenvalue weighted by atomic mass is 32.1. The Kier molecular flexibility index (Phi) is 2.56. The van der Waals surface area contributed by atoms with Gasteiger partial charge in [0, 0.05) is 17.6 Å². The summed E-state index contributed by atoms with van der Waals surface area (Å²) in [6.07, 6.45) is 3.21. The molecule has 92 valence electrons.